The molecule has 0 saturated carbocycles. The highest BCUT2D eigenvalue weighted by molar-refractivity contribution is 7.80. The third-order valence-electron chi connectivity index (χ3n) is 2.80. The van der Waals surface area contributed by atoms with Gasteiger partial charge >= 0.3 is 0 Å². The van der Waals surface area contributed by atoms with Crippen molar-refractivity contribution in [3.8, 4) is 5.75 Å². The van der Waals surface area contributed by atoms with Crippen LogP contribution < -0.4 is 15.8 Å². The first-order valence-corrected chi connectivity index (χ1v) is 6.46. The quantitative estimate of drug-likeness (QED) is 0.796. The standard InChI is InChI=1S/C13H16N2O3S/c14-12(19)8-18-11-3-1-10(2-4-11)15-13(16)9-5-6-17-7-9/h1-4,9H,5-8H2,(H2,14,19)(H,15,16). The van der Waals surface area contributed by atoms with Crippen LogP contribution in [0.2, 0.25) is 0 Å². The first-order valence-electron chi connectivity index (χ1n) is 6.05. The molecule has 3 N–H and O–H groups in total. The lowest BCUT2D eigenvalue weighted by Gasteiger charge is -2.10. The van der Waals surface area contributed by atoms with Crippen molar-refractivity contribution >= 4 is 28.8 Å². The van der Waals surface area contributed by atoms with E-state index in [4.69, 9.17) is 27.4 Å². The van der Waals surface area contributed by atoms with E-state index in [0.29, 0.717) is 24.0 Å². The van der Waals surface area contributed by atoms with Gasteiger partial charge < -0.3 is 20.5 Å². The SMILES string of the molecule is NC(=S)COc1ccc(NC(=O)C2CCOC2)cc1. The first kappa shape index (κ1) is 13.8. The Balaban J connectivity index is 1.87. The summed E-state index contributed by atoms with van der Waals surface area (Å²) in [5.41, 5.74) is 6.08. The fourth-order valence-corrected chi connectivity index (χ4v) is 1.83. The van der Waals surface area contributed by atoms with Crippen LogP contribution in [-0.2, 0) is 9.53 Å². The predicted octanol–water partition coefficient (Wildman–Crippen LogP) is 1.33. The number of nitrogens with two attached hydrogens (primary N) is 1. The molecule has 0 aliphatic carbocycles. The van der Waals surface area contributed by atoms with Crippen molar-refractivity contribution in [2.75, 3.05) is 25.1 Å². The van der Waals surface area contributed by atoms with E-state index < -0.39 is 0 Å². The lowest BCUT2D eigenvalue weighted by atomic mass is 10.1. The fourth-order valence-electron chi connectivity index (χ4n) is 1.77. The summed E-state index contributed by atoms with van der Waals surface area (Å²) in [5.74, 6) is 0.606. The minimum atomic E-state index is -0.0504. The van der Waals surface area contributed by atoms with Crippen LogP contribution in [0.5, 0.6) is 5.75 Å². The van der Waals surface area contributed by atoms with Gasteiger partial charge in [0.05, 0.1) is 12.5 Å². The summed E-state index contributed by atoms with van der Waals surface area (Å²) >= 11 is 4.72. The predicted molar refractivity (Wildman–Crippen MR) is 76.3 cm³/mol. The molecule has 0 aromatic heterocycles. The summed E-state index contributed by atoms with van der Waals surface area (Å²) < 4.78 is 10.5. The van der Waals surface area contributed by atoms with Crippen molar-refractivity contribution in [2.45, 2.75) is 6.42 Å². The summed E-state index contributed by atoms with van der Waals surface area (Å²) in [6.07, 6.45) is 0.779. The van der Waals surface area contributed by atoms with Gasteiger partial charge in [-0.25, -0.2) is 0 Å². The molecule has 1 amide bonds. The van der Waals surface area contributed by atoms with Gasteiger partial charge in [-0.15, -0.1) is 0 Å². The van der Waals surface area contributed by atoms with Crippen molar-refractivity contribution in [3.05, 3.63) is 24.3 Å². The molecule has 0 radical (unpaired) electrons. The van der Waals surface area contributed by atoms with Gasteiger partial charge in [0.1, 0.15) is 17.3 Å². The average molecular weight is 280 g/mol. The van der Waals surface area contributed by atoms with Gasteiger partial charge in [-0.1, -0.05) is 12.2 Å². The Hall–Kier alpha value is -1.66. The van der Waals surface area contributed by atoms with Gasteiger partial charge in [-0.2, -0.15) is 0 Å². The molecular formula is C13H16N2O3S. The number of rotatable bonds is 5. The second-order valence-corrected chi connectivity index (χ2v) is 4.85. The van der Waals surface area contributed by atoms with Gasteiger partial charge in [0.25, 0.3) is 0 Å². The molecule has 1 aromatic carbocycles. The van der Waals surface area contributed by atoms with Gasteiger partial charge in [-0.3, -0.25) is 4.79 Å². The van der Waals surface area contributed by atoms with Crippen molar-refractivity contribution in [2.24, 2.45) is 11.7 Å². The Morgan fingerprint density at radius 2 is 2.21 bits per heavy atom. The van der Waals surface area contributed by atoms with Crippen molar-refractivity contribution in [1.29, 1.82) is 0 Å². The van der Waals surface area contributed by atoms with E-state index in [0.717, 1.165) is 12.1 Å². The fraction of sp³-hybridized carbons (Fsp3) is 0.385. The van der Waals surface area contributed by atoms with Crippen LogP contribution >= 0.6 is 12.2 Å². The number of thiocarbonyl (C=S) groups is 1. The normalized spacial score (nSPS) is 18.0. The molecular weight excluding hydrogens is 264 g/mol. The monoisotopic (exact) mass is 280 g/mol. The zero-order chi connectivity index (χ0) is 13.7. The maximum Gasteiger partial charge on any atom is 0.229 e. The zero-order valence-corrected chi connectivity index (χ0v) is 11.2. The van der Waals surface area contributed by atoms with Gasteiger partial charge in [-0.05, 0) is 30.7 Å². The molecule has 1 saturated heterocycles. The molecule has 1 aliphatic heterocycles. The van der Waals surface area contributed by atoms with Crippen LogP contribution in [0.25, 0.3) is 0 Å². The lowest BCUT2D eigenvalue weighted by molar-refractivity contribution is -0.119. The van der Waals surface area contributed by atoms with Crippen LogP contribution in [0.15, 0.2) is 24.3 Å². The van der Waals surface area contributed by atoms with Crippen LogP contribution in [0.3, 0.4) is 0 Å². The molecule has 1 aliphatic rings. The van der Waals surface area contributed by atoms with Crippen molar-refractivity contribution < 1.29 is 14.3 Å². The highest BCUT2D eigenvalue weighted by Crippen LogP contribution is 2.18. The second kappa shape index (κ2) is 6.49. The molecule has 1 atom stereocenters. The molecule has 1 heterocycles. The highest BCUT2D eigenvalue weighted by Gasteiger charge is 2.23. The highest BCUT2D eigenvalue weighted by atomic mass is 32.1. The molecule has 0 spiro atoms. The number of hydrogen-bond acceptors (Lipinski definition) is 4. The smallest absolute Gasteiger partial charge is 0.229 e. The zero-order valence-electron chi connectivity index (χ0n) is 10.4. The van der Waals surface area contributed by atoms with Crippen LogP contribution in [0, 0.1) is 5.92 Å². The topological polar surface area (TPSA) is 73.6 Å². The van der Waals surface area contributed by atoms with E-state index in [1.807, 2.05) is 0 Å². The third kappa shape index (κ3) is 4.18. The minimum absolute atomic E-state index is 0.00527. The van der Waals surface area contributed by atoms with Crippen LogP contribution in [0.1, 0.15) is 6.42 Å². The molecule has 0 bridgehead atoms. The first-order chi connectivity index (χ1) is 9.15. The van der Waals surface area contributed by atoms with E-state index in [-0.39, 0.29) is 18.4 Å². The number of carbonyl (C=O) groups is 1. The van der Waals surface area contributed by atoms with Crippen molar-refractivity contribution in [1.82, 2.24) is 0 Å². The molecule has 1 unspecified atom stereocenters. The summed E-state index contributed by atoms with van der Waals surface area (Å²) in [6.45, 7) is 1.37. The summed E-state index contributed by atoms with van der Waals surface area (Å²) in [5, 5.41) is 2.85. The molecule has 102 valence electrons. The van der Waals surface area contributed by atoms with E-state index in [1.165, 1.54) is 0 Å². The van der Waals surface area contributed by atoms with Crippen LogP contribution in [-0.4, -0.2) is 30.7 Å². The maximum atomic E-state index is 11.9. The maximum absolute atomic E-state index is 11.9. The Morgan fingerprint density at radius 1 is 1.47 bits per heavy atom. The average Bonchev–Trinajstić information content (AvgIpc) is 2.92. The number of nitrogens with one attached hydrogen (secondary N) is 1. The molecule has 6 heteroatoms. The van der Waals surface area contributed by atoms with Crippen molar-refractivity contribution in [3.63, 3.8) is 0 Å². The number of amides is 1. The van der Waals surface area contributed by atoms with Gasteiger partial charge in [0, 0.05) is 12.3 Å². The minimum Gasteiger partial charge on any atom is -0.487 e. The number of ether oxygens (including phenoxy) is 2. The lowest BCUT2D eigenvalue weighted by Crippen LogP contribution is -2.22. The largest absolute Gasteiger partial charge is 0.487 e. The molecule has 19 heavy (non-hydrogen) atoms. The Labute approximate surface area is 117 Å². The Morgan fingerprint density at radius 3 is 2.79 bits per heavy atom. The summed E-state index contributed by atoms with van der Waals surface area (Å²) in [4.78, 5) is 12.2. The number of anilines is 1. The number of hydrogen-bond donors (Lipinski definition) is 2. The summed E-state index contributed by atoms with van der Waals surface area (Å²) in [7, 11) is 0. The van der Waals surface area contributed by atoms with Crippen LogP contribution in [0.4, 0.5) is 5.69 Å². The molecule has 1 aromatic rings. The Bertz CT molecular complexity index is 455. The third-order valence-corrected chi connectivity index (χ3v) is 2.92. The molecule has 1 fully saturated rings. The number of carbonyl (C=O) groups excluding carboxylic acids is 1. The Kier molecular flexibility index (Phi) is 4.70. The van der Waals surface area contributed by atoms with E-state index in [2.05, 4.69) is 5.32 Å². The molecule has 2 rings (SSSR count). The summed E-state index contributed by atoms with van der Waals surface area (Å²) in [6, 6.07) is 7.09. The van der Waals surface area contributed by atoms with Gasteiger partial charge in [0.2, 0.25) is 5.91 Å². The van der Waals surface area contributed by atoms with E-state index >= 15 is 0 Å². The van der Waals surface area contributed by atoms with E-state index in [1.54, 1.807) is 24.3 Å². The second-order valence-electron chi connectivity index (χ2n) is 4.33. The molecule has 5 nitrogen and oxygen atoms in total. The van der Waals surface area contributed by atoms with E-state index in [9.17, 15) is 4.79 Å². The van der Waals surface area contributed by atoms with Gasteiger partial charge in [0.15, 0.2) is 0 Å². The number of benzene rings is 1.